The fraction of sp³-hybridized carbons (Fsp3) is 0.192. The normalized spacial score (nSPS) is 12.4. The molecule has 0 radical (unpaired) electrons. The highest BCUT2D eigenvalue weighted by Gasteiger charge is 2.24. The van der Waals surface area contributed by atoms with Crippen molar-refractivity contribution in [1.82, 2.24) is 0 Å². The summed E-state index contributed by atoms with van der Waals surface area (Å²) < 4.78 is 25.0. The molecule has 2 aromatic heterocycles. The molecule has 11 heteroatoms. The van der Waals surface area contributed by atoms with E-state index in [2.05, 4.69) is 25.1 Å². The number of carboxylic acids is 2. The van der Waals surface area contributed by atoms with Crippen LogP contribution in [0.15, 0.2) is 143 Å². The SMILES string of the molecule is CC(CC(N)c1cccc(-c2cc(COc3ccccc3CC(=O)O)c(CN)c3ccoc23)c1)c1c(COc2ccccc2CC(=O)O)cc(-c2cccc(CN)c2)c2occc12. The van der Waals surface area contributed by atoms with Crippen molar-refractivity contribution in [2.75, 3.05) is 0 Å². The molecule has 0 aliphatic heterocycles. The second-order valence-corrected chi connectivity index (χ2v) is 15.8. The van der Waals surface area contributed by atoms with Crippen LogP contribution >= 0.6 is 0 Å². The molecule has 8 aromatic rings. The zero-order chi connectivity index (χ0) is 44.0. The molecule has 0 saturated heterocycles. The van der Waals surface area contributed by atoms with E-state index in [9.17, 15) is 19.8 Å². The van der Waals surface area contributed by atoms with Gasteiger partial charge >= 0.3 is 11.9 Å². The Labute approximate surface area is 364 Å². The summed E-state index contributed by atoms with van der Waals surface area (Å²) in [5.74, 6) is -0.943. The second kappa shape index (κ2) is 18.8. The number of aliphatic carboxylic acids is 2. The maximum absolute atomic E-state index is 11.7. The molecule has 0 aliphatic carbocycles. The van der Waals surface area contributed by atoms with Crippen LogP contribution in [0.1, 0.15) is 69.8 Å². The van der Waals surface area contributed by atoms with Crippen molar-refractivity contribution in [2.45, 2.75) is 64.4 Å². The molecule has 0 amide bonds. The Balaban J connectivity index is 1.12. The van der Waals surface area contributed by atoms with Crippen LogP contribution in [0.25, 0.3) is 44.2 Å². The first-order valence-corrected chi connectivity index (χ1v) is 20.9. The van der Waals surface area contributed by atoms with Crippen molar-refractivity contribution in [3.63, 3.8) is 0 Å². The van der Waals surface area contributed by atoms with Gasteiger partial charge in [-0.1, -0.05) is 79.7 Å². The molecule has 63 heavy (non-hydrogen) atoms. The summed E-state index contributed by atoms with van der Waals surface area (Å²) in [5, 5.41) is 20.9. The first kappa shape index (κ1) is 42.5. The van der Waals surface area contributed by atoms with Crippen LogP contribution in [0.3, 0.4) is 0 Å². The van der Waals surface area contributed by atoms with E-state index in [0.717, 1.165) is 72.0 Å². The van der Waals surface area contributed by atoms with Gasteiger partial charge in [-0.2, -0.15) is 0 Å². The van der Waals surface area contributed by atoms with Gasteiger partial charge < -0.3 is 45.7 Å². The molecular formula is C52H49N3O8. The Kier molecular flexibility index (Phi) is 12.7. The fourth-order valence-corrected chi connectivity index (χ4v) is 8.63. The van der Waals surface area contributed by atoms with Crippen molar-refractivity contribution >= 4 is 33.9 Å². The van der Waals surface area contributed by atoms with Gasteiger partial charge in [-0.15, -0.1) is 0 Å². The van der Waals surface area contributed by atoms with Crippen LogP contribution in [-0.2, 0) is 48.7 Å². The van der Waals surface area contributed by atoms with Crippen molar-refractivity contribution in [3.8, 4) is 33.8 Å². The number of hydrogen-bond donors (Lipinski definition) is 5. The summed E-state index contributed by atoms with van der Waals surface area (Å²) in [5.41, 5.74) is 31.3. The predicted molar refractivity (Wildman–Crippen MR) is 243 cm³/mol. The number of nitrogens with two attached hydrogens (primary N) is 3. The third-order valence-corrected chi connectivity index (χ3v) is 11.6. The zero-order valence-electron chi connectivity index (χ0n) is 34.9. The van der Waals surface area contributed by atoms with E-state index in [1.54, 1.807) is 42.9 Å². The molecule has 0 spiro atoms. The number of para-hydroxylation sites is 2. The fourth-order valence-electron chi connectivity index (χ4n) is 8.63. The van der Waals surface area contributed by atoms with Crippen LogP contribution in [0.2, 0.25) is 0 Å². The highest BCUT2D eigenvalue weighted by molar-refractivity contribution is 5.97. The van der Waals surface area contributed by atoms with Crippen molar-refractivity contribution in [2.24, 2.45) is 17.2 Å². The summed E-state index contributed by atoms with van der Waals surface area (Å²) in [6, 6.07) is 38.2. The molecule has 6 aromatic carbocycles. The Hall–Kier alpha value is -7.18. The molecule has 0 aliphatic rings. The number of fused-ring (bicyclic) bond motifs is 2. The van der Waals surface area contributed by atoms with Crippen LogP contribution in [-0.4, -0.2) is 22.2 Å². The summed E-state index contributed by atoms with van der Waals surface area (Å²) in [7, 11) is 0. The lowest BCUT2D eigenvalue weighted by atomic mass is 9.84. The van der Waals surface area contributed by atoms with Gasteiger partial charge in [0, 0.05) is 52.2 Å². The molecule has 2 atom stereocenters. The smallest absolute Gasteiger partial charge is 0.307 e. The minimum atomic E-state index is -0.939. The maximum atomic E-state index is 11.7. The van der Waals surface area contributed by atoms with Gasteiger partial charge in [0.1, 0.15) is 35.9 Å². The monoisotopic (exact) mass is 843 g/mol. The lowest BCUT2D eigenvalue weighted by Crippen LogP contribution is -2.15. The van der Waals surface area contributed by atoms with E-state index < -0.39 is 11.9 Å². The number of rotatable bonds is 18. The number of hydrogen-bond acceptors (Lipinski definition) is 9. The largest absolute Gasteiger partial charge is 0.489 e. The standard InChI is InChI=1S/C52H49N3O8/c1-31(50-39(30-63-47-15-5-3-10-37(47)26-49(58)59)24-43(52-41(50)17-19-61-52)33-11-6-8-32(21-33)27-53)20-45(55)35-13-7-12-34(22-35)42-23-38(44(28-54)40-16-18-60-51(40)42)29-62-46-14-4-2-9-36(46)25-48(56)57/h2-19,21-24,31,45H,20,25-30,53-55H2,1H3,(H,56,57)(H,58,59). The van der Waals surface area contributed by atoms with Gasteiger partial charge in [0.2, 0.25) is 0 Å². The van der Waals surface area contributed by atoms with Crippen molar-refractivity contribution in [3.05, 3.63) is 178 Å². The first-order chi connectivity index (χ1) is 30.6. The number of carboxylic acid groups (broad SMARTS) is 2. The number of carbonyl (C=O) groups is 2. The van der Waals surface area contributed by atoms with Gasteiger partial charge in [-0.3, -0.25) is 9.59 Å². The van der Waals surface area contributed by atoms with E-state index in [1.807, 2.05) is 72.8 Å². The Morgan fingerprint density at radius 2 is 1.17 bits per heavy atom. The minimum Gasteiger partial charge on any atom is -0.489 e. The van der Waals surface area contributed by atoms with Crippen LogP contribution < -0.4 is 26.7 Å². The van der Waals surface area contributed by atoms with Crippen LogP contribution in [0, 0.1) is 0 Å². The average Bonchev–Trinajstić information content (AvgIpc) is 3.98. The molecule has 11 nitrogen and oxygen atoms in total. The number of furan rings is 2. The van der Waals surface area contributed by atoms with Crippen molar-refractivity contribution in [1.29, 1.82) is 0 Å². The molecule has 8 rings (SSSR count). The molecular weight excluding hydrogens is 795 g/mol. The van der Waals surface area contributed by atoms with Crippen molar-refractivity contribution < 1.29 is 38.1 Å². The molecule has 2 heterocycles. The van der Waals surface area contributed by atoms with E-state index >= 15 is 0 Å². The minimum absolute atomic E-state index is 0.0746. The second-order valence-electron chi connectivity index (χ2n) is 15.8. The molecule has 2 unspecified atom stereocenters. The van der Waals surface area contributed by atoms with Gasteiger partial charge in [-0.25, -0.2) is 0 Å². The number of ether oxygens (including phenoxy) is 2. The highest BCUT2D eigenvalue weighted by Crippen LogP contribution is 2.42. The van der Waals surface area contributed by atoms with E-state index in [4.69, 9.17) is 35.5 Å². The topological polar surface area (TPSA) is 197 Å². The van der Waals surface area contributed by atoms with E-state index in [1.165, 1.54) is 0 Å². The molecule has 8 N–H and O–H groups in total. The maximum Gasteiger partial charge on any atom is 0.307 e. The molecule has 0 bridgehead atoms. The lowest BCUT2D eigenvalue weighted by Gasteiger charge is -2.23. The van der Waals surface area contributed by atoms with E-state index in [-0.39, 0.29) is 44.6 Å². The van der Waals surface area contributed by atoms with Gasteiger partial charge in [0.15, 0.2) is 0 Å². The third-order valence-electron chi connectivity index (χ3n) is 11.6. The van der Waals surface area contributed by atoms with Gasteiger partial charge in [0.05, 0.1) is 25.4 Å². The quantitative estimate of drug-likeness (QED) is 0.0551. The van der Waals surface area contributed by atoms with E-state index in [0.29, 0.717) is 41.2 Å². The molecule has 0 saturated carbocycles. The Morgan fingerprint density at radius 3 is 1.79 bits per heavy atom. The summed E-state index contributed by atoms with van der Waals surface area (Å²) >= 11 is 0. The Morgan fingerprint density at radius 1 is 0.619 bits per heavy atom. The zero-order valence-corrected chi connectivity index (χ0v) is 34.9. The highest BCUT2D eigenvalue weighted by atomic mass is 16.5. The molecule has 320 valence electrons. The number of benzene rings is 6. The van der Waals surface area contributed by atoms with Crippen LogP contribution in [0.5, 0.6) is 11.5 Å². The van der Waals surface area contributed by atoms with Gasteiger partial charge in [0.25, 0.3) is 0 Å². The van der Waals surface area contributed by atoms with Crippen LogP contribution in [0.4, 0.5) is 0 Å². The third kappa shape index (κ3) is 9.22. The average molecular weight is 844 g/mol. The summed E-state index contributed by atoms with van der Waals surface area (Å²) in [6.45, 7) is 3.15. The Bertz CT molecular complexity index is 2930. The first-order valence-electron chi connectivity index (χ1n) is 20.9. The summed E-state index contributed by atoms with van der Waals surface area (Å²) in [6.07, 6.45) is 3.61. The molecule has 0 fully saturated rings. The summed E-state index contributed by atoms with van der Waals surface area (Å²) in [4.78, 5) is 23.3. The predicted octanol–water partition coefficient (Wildman–Crippen LogP) is 10.0. The van der Waals surface area contributed by atoms with Gasteiger partial charge in [-0.05, 0) is 105 Å². The lowest BCUT2D eigenvalue weighted by molar-refractivity contribution is -0.137.